The van der Waals surface area contributed by atoms with Crippen molar-refractivity contribution in [3.05, 3.63) is 35.4 Å². The van der Waals surface area contributed by atoms with Crippen LogP contribution < -0.4 is 11.1 Å². The predicted molar refractivity (Wildman–Crippen MR) is 77.2 cm³/mol. The van der Waals surface area contributed by atoms with Crippen LogP contribution in [0.1, 0.15) is 15.9 Å². The summed E-state index contributed by atoms with van der Waals surface area (Å²) in [5, 5.41) is 11.2. The molecule has 1 rings (SSSR count). The van der Waals surface area contributed by atoms with Crippen molar-refractivity contribution in [1.29, 1.82) is 0 Å². The van der Waals surface area contributed by atoms with E-state index in [1.165, 1.54) is 0 Å². The predicted octanol–water partition coefficient (Wildman–Crippen LogP) is 0.254. The lowest BCUT2D eigenvalue weighted by Gasteiger charge is -2.06. The van der Waals surface area contributed by atoms with Crippen LogP contribution in [0.15, 0.2) is 24.3 Å². The Labute approximate surface area is 117 Å². The van der Waals surface area contributed by atoms with Crippen LogP contribution in [0.2, 0.25) is 0 Å². The maximum Gasteiger partial charge on any atom is 0.251 e. The van der Waals surface area contributed by atoms with Gasteiger partial charge in [-0.15, -0.1) is 0 Å². The Balaban J connectivity index is 2.38. The second-order valence-electron chi connectivity index (χ2n) is 3.93. The Kier molecular flexibility index (Phi) is 7.02. The zero-order valence-electron chi connectivity index (χ0n) is 10.6. The van der Waals surface area contributed by atoms with Gasteiger partial charge in [0.2, 0.25) is 0 Å². The summed E-state index contributed by atoms with van der Waals surface area (Å²) in [6.45, 7) is 1.06. The van der Waals surface area contributed by atoms with Crippen molar-refractivity contribution in [2.75, 3.05) is 26.4 Å². The number of hydrogen-bond acceptors (Lipinski definition) is 4. The molecular formula is C13H18N2O3S. The standard InChI is InChI=1S/C13H18N2O3S/c14-12(19)9-10-1-3-11(4-2-10)13(17)15-5-7-18-8-6-16/h1-4,16H,5-9H2,(H2,14,19)(H,15,17). The number of hydrogen-bond donors (Lipinski definition) is 3. The van der Waals surface area contributed by atoms with Gasteiger partial charge in [0.25, 0.3) is 5.91 Å². The summed E-state index contributed by atoms with van der Waals surface area (Å²) >= 11 is 4.82. The molecule has 0 saturated carbocycles. The van der Waals surface area contributed by atoms with Gasteiger partial charge in [-0.1, -0.05) is 24.4 Å². The van der Waals surface area contributed by atoms with Crippen molar-refractivity contribution in [2.45, 2.75) is 6.42 Å². The quantitative estimate of drug-likeness (QED) is 0.470. The molecule has 0 atom stereocenters. The monoisotopic (exact) mass is 282 g/mol. The third kappa shape index (κ3) is 6.28. The van der Waals surface area contributed by atoms with Crippen molar-refractivity contribution >= 4 is 23.1 Å². The van der Waals surface area contributed by atoms with E-state index in [2.05, 4.69) is 5.32 Å². The first-order valence-electron chi connectivity index (χ1n) is 5.97. The van der Waals surface area contributed by atoms with Gasteiger partial charge in [-0.2, -0.15) is 0 Å². The fourth-order valence-corrected chi connectivity index (χ4v) is 1.65. The largest absolute Gasteiger partial charge is 0.394 e. The number of carbonyl (C=O) groups excluding carboxylic acids is 1. The second-order valence-corrected chi connectivity index (χ2v) is 4.46. The van der Waals surface area contributed by atoms with Gasteiger partial charge < -0.3 is 20.9 Å². The molecule has 1 aromatic rings. The topological polar surface area (TPSA) is 84.6 Å². The van der Waals surface area contributed by atoms with Crippen molar-refractivity contribution < 1.29 is 14.6 Å². The fourth-order valence-electron chi connectivity index (χ4n) is 1.48. The molecule has 19 heavy (non-hydrogen) atoms. The first-order chi connectivity index (χ1) is 9.13. The summed E-state index contributed by atoms with van der Waals surface area (Å²) < 4.78 is 5.04. The van der Waals surface area contributed by atoms with Gasteiger partial charge >= 0.3 is 0 Å². The first kappa shape index (κ1) is 15.6. The zero-order valence-corrected chi connectivity index (χ0v) is 11.4. The smallest absolute Gasteiger partial charge is 0.251 e. The Morgan fingerprint density at radius 3 is 2.58 bits per heavy atom. The van der Waals surface area contributed by atoms with Gasteiger partial charge in [-0.05, 0) is 17.7 Å². The third-order valence-electron chi connectivity index (χ3n) is 2.36. The van der Waals surface area contributed by atoms with Crippen LogP contribution in [0.4, 0.5) is 0 Å². The van der Waals surface area contributed by atoms with E-state index in [0.717, 1.165) is 5.56 Å². The van der Waals surface area contributed by atoms with Gasteiger partial charge in [-0.25, -0.2) is 0 Å². The minimum atomic E-state index is -0.158. The van der Waals surface area contributed by atoms with Gasteiger partial charge in [0.15, 0.2) is 0 Å². The number of amides is 1. The van der Waals surface area contributed by atoms with Gasteiger partial charge in [0.1, 0.15) is 0 Å². The second kappa shape index (κ2) is 8.58. The molecule has 0 fully saturated rings. The number of benzene rings is 1. The molecule has 1 amide bonds. The molecule has 0 aromatic heterocycles. The van der Waals surface area contributed by atoms with Gasteiger partial charge in [-0.3, -0.25) is 4.79 Å². The molecule has 0 spiro atoms. The number of ether oxygens (including phenoxy) is 1. The molecule has 0 radical (unpaired) electrons. The van der Waals surface area contributed by atoms with E-state index in [1.54, 1.807) is 12.1 Å². The van der Waals surface area contributed by atoms with Gasteiger partial charge in [0, 0.05) is 18.5 Å². The molecule has 0 aliphatic rings. The number of thiocarbonyl (C=S) groups is 1. The number of nitrogens with one attached hydrogen (secondary N) is 1. The summed E-state index contributed by atoms with van der Waals surface area (Å²) in [7, 11) is 0. The number of carbonyl (C=O) groups is 1. The van der Waals surface area contributed by atoms with Crippen LogP contribution in [-0.2, 0) is 11.2 Å². The Hall–Kier alpha value is -1.50. The van der Waals surface area contributed by atoms with Crippen molar-refractivity contribution in [1.82, 2.24) is 5.32 Å². The Morgan fingerprint density at radius 2 is 2.00 bits per heavy atom. The van der Waals surface area contributed by atoms with E-state index >= 15 is 0 Å². The summed E-state index contributed by atoms with van der Waals surface area (Å²) in [4.78, 5) is 12.2. The SMILES string of the molecule is NC(=S)Cc1ccc(C(=O)NCCOCCO)cc1. The lowest BCUT2D eigenvalue weighted by molar-refractivity contribution is 0.0838. The normalized spacial score (nSPS) is 10.2. The minimum Gasteiger partial charge on any atom is -0.394 e. The highest BCUT2D eigenvalue weighted by Crippen LogP contribution is 2.05. The van der Waals surface area contributed by atoms with Crippen molar-refractivity contribution in [2.24, 2.45) is 5.73 Å². The van der Waals surface area contributed by atoms with Crippen molar-refractivity contribution in [3.63, 3.8) is 0 Å². The Morgan fingerprint density at radius 1 is 1.32 bits per heavy atom. The molecule has 1 aromatic carbocycles. The highest BCUT2D eigenvalue weighted by Gasteiger charge is 2.04. The van der Waals surface area contributed by atoms with Crippen LogP contribution in [0.3, 0.4) is 0 Å². The van der Waals surface area contributed by atoms with E-state index < -0.39 is 0 Å². The van der Waals surface area contributed by atoms with Crippen LogP contribution in [0.25, 0.3) is 0 Å². The van der Waals surface area contributed by atoms with Crippen LogP contribution in [0, 0.1) is 0 Å². The first-order valence-corrected chi connectivity index (χ1v) is 6.38. The molecule has 104 valence electrons. The number of rotatable bonds is 8. The van der Waals surface area contributed by atoms with Gasteiger partial charge in [0.05, 0.1) is 24.8 Å². The molecular weight excluding hydrogens is 264 g/mol. The number of aliphatic hydroxyl groups is 1. The summed E-state index contributed by atoms with van der Waals surface area (Å²) in [5.74, 6) is -0.158. The minimum absolute atomic E-state index is 0.0155. The Bertz CT molecular complexity index is 420. The molecule has 0 aliphatic carbocycles. The molecule has 0 unspecified atom stereocenters. The maximum atomic E-state index is 11.7. The molecule has 4 N–H and O–H groups in total. The molecule has 6 heteroatoms. The summed E-state index contributed by atoms with van der Waals surface area (Å²) in [6, 6.07) is 7.13. The molecule has 0 saturated heterocycles. The van der Waals surface area contributed by atoms with E-state index in [0.29, 0.717) is 30.1 Å². The number of aliphatic hydroxyl groups excluding tert-OH is 1. The maximum absolute atomic E-state index is 11.7. The molecule has 5 nitrogen and oxygen atoms in total. The van der Waals surface area contributed by atoms with E-state index in [9.17, 15) is 4.79 Å². The molecule has 0 bridgehead atoms. The number of nitrogens with two attached hydrogens (primary N) is 1. The fraction of sp³-hybridized carbons (Fsp3) is 0.385. The summed E-state index contributed by atoms with van der Waals surface area (Å²) in [6.07, 6.45) is 0.534. The van der Waals surface area contributed by atoms with E-state index in [-0.39, 0.29) is 19.1 Å². The van der Waals surface area contributed by atoms with E-state index in [4.69, 9.17) is 27.8 Å². The van der Waals surface area contributed by atoms with E-state index in [1.807, 2.05) is 12.1 Å². The lowest BCUT2D eigenvalue weighted by Crippen LogP contribution is -2.27. The average molecular weight is 282 g/mol. The highest BCUT2D eigenvalue weighted by atomic mass is 32.1. The van der Waals surface area contributed by atoms with Crippen LogP contribution >= 0.6 is 12.2 Å². The third-order valence-corrected chi connectivity index (χ3v) is 2.51. The van der Waals surface area contributed by atoms with Crippen LogP contribution in [-0.4, -0.2) is 42.4 Å². The average Bonchev–Trinajstić information content (AvgIpc) is 2.38. The molecule has 0 heterocycles. The van der Waals surface area contributed by atoms with Crippen molar-refractivity contribution in [3.8, 4) is 0 Å². The highest BCUT2D eigenvalue weighted by molar-refractivity contribution is 7.80. The van der Waals surface area contributed by atoms with Crippen LogP contribution in [0.5, 0.6) is 0 Å². The lowest BCUT2D eigenvalue weighted by atomic mass is 10.1. The zero-order chi connectivity index (χ0) is 14.1. The summed E-state index contributed by atoms with van der Waals surface area (Å²) in [5.41, 5.74) is 7.01. The molecule has 0 aliphatic heterocycles.